The lowest BCUT2D eigenvalue weighted by Crippen LogP contribution is -2.34. The van der Waals surface area contributed by atoms with Gasteiger partial charge < -0.3 is 10.2 Å². The smallest absolute Gasteiger partial charge is 0.225 e. The molecule has 0 bridgehead atoms. The molecule has 4 heteroatoms. The van der Waals surface area contributed by atoms with Crippen LogP contribution in [-0.4, -0.2) is 29.1 Å². The van der Waals surface area contributed by atoms with Gasteiger partial charge in [-0.25, -0.2) is 9.97 Å². The number of anilines is 1. The van der Waals surface area contributed by atoms with Crippen molar-refractivity contribution in [2.45, 2.75) is 52.6 Å². The van der Waals surface area contributed by atoms with Crippen LogP contribution in [0.4, 0.5) is 5.95 Å². The predicted octanol–water partition coefficient (Wildman–Crippen LogP) is 2.60. The number of hydrogen-bond donors (Lipinski definition) is 1. The summed E-state index contributed by atoms with van der Waals surface area (Å²) in [6.07, 6.45) is 7.59. The van der Waals surface area contributed by atoms with Crippen LogP contribution < -0.4 is 10.2 Å². The SMILES string of the molecule is CCCNCc1cnc(N2CCCC2C(C)C)nc1. The highest BCUT2D eigenvalue weighted by molar-refractivity contribution is 5.33. The third-order valence-corrected chi connectivity index (χ3v) is 3.77. The zero-order valence-corrected chi connectivity index (χ0v) is 12.4. The monoisotopic (exact) mass is 262 g/mol. The first kappa shape index (κ1) is 14.3. The van der Waals surface area contributed by atoms with Crippen LogP contribution >= 0.6 is 0 Å². The van der Waals surface area contributed by atoms with Gasteiger partial charge in [-0.3, -0.25) is 0 Å². The molecule has 1 unspecified atom stereocenters. The molecule has 0 aliphatic carbocycles. The topological polar surface area (TPSA) is 41.1 Å². The molecule has 0 saturated carbocycles. The second kappa shape index (κ2) is 6.85. The van der Waals surface area contributed by atoms with Gasteiger partial charge in [0.25, 0.3) is 0 Å². The van der Waals surface area contributed by atoms with Gasteiger partial charge in [0.15, 0.2) is 0 Å². The van der Waals surface area contributed by atoms with Crippen LogP contribution in [0.1, 0.15) is 45.6 Å². The van der Waals surface area contributed by atoms with Gasteiger partial charge in [-0.05, 0) is 31.7 Å². The van der Waals surface area contributed by atoms with Gasteiger partial charge in [-0.2, -0.15) is 0 Å². The normalized spacial score (nSPS) is 19.4. The minimum absolute atomic E-state index is 0.601. The summed E-state index contributed by atoms with van der Waals surface area (Å²) in [5.74, 6) is 1.56. The van der Waals surface area contributed by atoms with E-state index in [1.165, 1.54) is 12.8 Å². The Balaban J connectivity index is 1.97. The quantitative estimate of drug-likeness (QED) is 0.800. The molecule has 0 aromatic carbocycles. The van der Waals surface area contributed by atoms with Crippen LogP contribution in [0.25, 0.3) is 0 Å². The Morgan fingerprint density at radius 1 is 1.37 bits per heavy atom. The molecule has 0 amide bonds. The fourth-order valence-electron chi connectivity index (χ4n) is 2.73. The summed E-state index contributed by atoms with van der Waals surface area (Å²) in [4.78, 5) is 11.5. The molecule has 1 aliphatic rings. The Labute approximate surface area is 116 Å². The van der Waals surface area contributed by atoms with E-state index in [-0.39, 0.29) is 0 Å². The number of nitrogens with zero attached hydrogens (tertiary/aromatic N) is 3. The van der Waals surface area contributed by atoms with E-state index in [2.05, 4.69) is 41.0 Å². The highest BCUT2D eigenvalue weighted by atomic mass is 15.3. The highest BCUT2D eigenvalue weighted by Gasteiger charge is 2.28. The van der Waals surface area contributed by atoms with E-state index in [1.807, 2.05) is 12.4 Å². The minimum atomic E-state index is 0.601. The van der Waals surface area contributed by atoms with Crippen molar-refractivity contribution in [2.24, 2.45) is 5.92 Å². The Bertz CT molecular complexity index is 374. The second-order valence-electron chi connectivity index (χ2n) is 5.72. The second-order valence-corrected chi connectivity index (χ2v) is 5.72. The molecule has 2 rings (SSSR count). The lowest BCUT2D eigenvalue weighted by atomic mass is 10.0. The van der Waals surface area contributed by atoms with Crippen LogP contribution in [0.2, 0.25) is 0 Å². The zero-order valence-electron chi connectivity index (χ0n) is 12.4. The van der Waals surface area contributed by atoms with Crippen LogP contribution in [0.3, 0.4) is 0 Å². The summed E-state index contributed by atoms with van der Waals surface area (Å²) < 4.78 is 0. The number of rotatable bonds is 6. The number of hydrogen-bond acceptors (Lipinski definition) is 4. The zero-order chi connectivity index (χ0) is 13.7. The van der Waals surface area contributed by atoms with Gasteiger partial charge in [0.1, 0.15) is 0 Å². The Morgan fingerprint density at radius 3 is 2.74 bits per heavy atom. The van der Waals surface area contributed by atoms with Crippen LogP contribution in [0.15, 0.2) is 12.4 Å². The molecule has 106 valence electrons. The van der Waals surface area contributed by atoms with Crippen molar-refractivity contribution >= 4 is 5.95 Å². The number of aromatic nitrogens is 2. The summed E-state index contributed by atoms with van der Waals surface area (Å²) >= 11 is 0. The van der Waals surface area contributed by atoms with E-state index < -0.39 is 0 Å². The molecular formula is C15H26N4. The molecule has 1 aromatic rings. The molecule has 4 nitrogen and oxygen atoms in total. The first-order valence-corrected chi connectivity index (χ1v) is 7.50. The minimum Gasteiger partial charge on any atom is -0.338 e. The Kier molecular flexibility index (Phi) is 5.14. The van der Waals surface area contributed by atoms with Crippen molar-refractivity contribution in [3.8, 4) is 0 Å². The third kappa shape index (κ3) is 3.66. The molecule has 0 spiro atoms. The number of nitrogens with one attached hydrogen (secondary N) is 1. The van der Waals surface area contributed by atoms with Crippen molar-refractivity contribution in [1.82, 2.24) is 15.3 Å². The van der Waals surface area contributed by atoms with E-state index in [4.69, 9.17) is 0 Å². The maximum absolute atomic E-state index is 4.55. The summed E-state index contributed by atoms with van der Waals surface area (Å²) in [5.41, 5.74) is 1.16. The molecule has 19 heavy (non-hydrogen) atoms. The van der Waals surface area contributed by atoms with Crippen LogP contribution in [0.5, 0.6) is 0 Å². The van der Waals surface area contributed by atoms with Crippen molar-refractivity contribution in [1.29, 1.82) is 0 Å². The van der Waals surface area contributed by atoms with E-state index in [0.29, 0.717) is 12.0 Å². The molecule has 1 saturated heterocycles. The largest absolute Gasteiger partial charge is 0.338 e. The molecular weight excluding hydrogens is 236 g/mol. The maximum Gasteiger partial charge on any atom is 0.225 e. The van der Waals surface area contributed by atoms with Crippen LogP contribution in [0, 0.1) is 5.92 Å². The molecule has 1 fully saturated rings. The highest BCUT2D eigenvalue weighted by Crippen LogP contribution is 2.26. The van der Waals surface area contributed by atoms with E-state index in [9.17, 15) is 0 Å². The first-order chi connectivity index (χ1) is 9.22. The van der Waals surface area contributed by atoms with Crippen molar-refractivity contribution in [3.05, 3.63) is 18.0 Å². The molecule has 0 radical (unpaired) electrons. The average Bonchev–Trinajstić information content (AvgIpc) is 2.89. The summed E-state index contributed by atoms with van der Waals surface area (Å²) in [6.45, 7) is 9.74. The Morgan fingerprint density at radius 2 is 2.11 bits per heavy atom. The van der Waals surface area contributed by atoms with Gasteiger partial charge in [0.2, 0.25) is 5.95 Å². The maximum atomic E-state index is 4.55. The lowest BCUT2D eigenvalue weighted by Gasteiger charge is -2.27. The van der Waals surface area contributed by atoms with E-state index in [1.54, 1.807) is 0 Å². The van der Waals surface area contributed by atoms with E-state index >= 15 is 0 Å². The molecule has 1 aliphatic heterocycles. The van der Waals surface area contributed by atoms with Crippen molar-refractivity contribution in [3.63, 3.8) is 0 Å². The van der Waals surface area contributed by atoms with Gasteiger partial charge in [0, 0.05) is 37.1 Å². The third-order valence-electron chi connectivity index (χ3n) is 3.77. The lowest BCUT2D eigenvalue weighted by molar-refractivity contribution is 0.487. The predicted molar refractivity (Wildman–Crippen MR) is 79.2 cm³/mol. The molecule has 2 heterocycles. The standard InChI is InChI=1S/C15H26N4/c1-4-7-16-9-13-10-17-15(18-11-13)19-8-5-6-14(19)12(2)3/h10-12,14,16H,4-9H2,1-3H3. The average molecular weight is 262 g/mol. The molecule has 1 atom stereocenters. The van der Waals surface area contributed by atoms with Crippen LogP contribution in [-0.2, 0) is 6.54 Å². The van der Waals surface area contributed by atoms with E-state index in [0.717, 1.165) is 37.6 Å². The fraction of sp³-hybridized carbons (Fsp3) is 0.733. The van der Waals surface area contributed by atoms with Crippen molar-refractivity contribution < 1.29 is 0 Å². The first-order valence-electron chi connectivity index (χ1n) is 7.50. The Hall–Kier alpha value is -1.16. The van der Waals surface area contributed by atoms with Gasteiger partial charge in [-0.1, -0.05) is 20.8 Å². The summed E-state index contributed by atoms with van der Waals surface area (Å²) in [6, 6.07) is 0.601. The van der Waals surface area contributed by atoms with Gasteiger partial charge in [0.05, 0.1) is 0 Å². The van der Waals surface area contributed by atoms with Gasteiger partial charge >= 0.3 is 0 Å². The van der Waals surface area contributed by atoms with Gasteiger partial charge in [-0.15, -0.1) is 0 Å². The summed E-state index contributed by atoms with van der Waals surface area (Å²) in [7, 11) is 0. The summed E-state index contributed by atoms with van der Waals surface area (Å²) in [5, 5.41) is 3.37. The molecule has 1 aromatic heterocycles. The van der Waals surface area contributed by atoms with Crippen molar-refractivity contribution in [2.75, 3.05) is 18.0 Å². The molecule has 1 N–H and O–H groups in total. The fourth-order valence-corrected chi connectivity index (χ4v) is 2.73.